The van der Waals surface area contributed by atoms with Crippen molar-refractivity contribution in [2.45, 2.75) is 55.3 Å². The van der Waals surface area contributed by atoms with Gasteiger partial charge in [-0.2, -0.15) is 9.03 Å². The maximum atomic E-state index is 13.4. The van der Waals surface area contributed by atoms with E-state index in [1.807, 2.05) is 4.90 Å². The SMILES string of the molecule is CN(C1CCN(C[C@@H]2CCCN2C(=O)CN2CCC[C@H](NS(=O)(=O)C=Cc3ccc(Cl)s3)C2=O)C1)S(=O)(=O)c1cn(C)cn1. The monoisotopic (exact) mass is 687 g/mol. The van der Waals surface area contributed by atoms with Gasteiger partial charge in [-0.1, -0.05) is 11.6 Å². The van der Waals surface area contributed by atoms with Crippen molar-refractivity contribution >= 4 is 60.9 Å². The number of likely N-dealkylation sites (tertiary alicyclic amines) is 3. The third-order valence-corrected chi connectivity index (χ3v) is 12.5. The van der Waals surface area contributed by atoms with E-state index in [9.17, 15) is 26.4 Å². The molecule has 3 fully saturated rings. The summed E-state index contributed by atoms with van der Waals surface area (Å²) in [6, 6.07) is 2.21. The molecule has 3 saturated heterocycles. The first-order valence-corrected chi connectivity index (χ1v) is 18.7. The quantitative estimate of drug-likeness (QED) is 0.373. The van der Waals surface area contributed by atoms with Crippen LogP contribution in [-0.2, 0) is 36.7 Å². The largest absolute Gasteiger partial charge is 0.339 e. The molecule has 5 rings (SSSR count). The zero-order chi connectivity index (χ0) is 31.6. The molecular weight excluding hydrogens is 650 g/mol. The van der Waals surface area contributed by atoms with Gasteiger partial charge in [-0.05, 0) is 56.9 Å². The van der Waals surface area contributed by atoms with E-state index in [1.165, 1.54) is 39.1 Å². The Balaban J connectivity index is 1.14. The highest BCUT2D eigenvalue weighted by molar-refractivity contribution is 7.92. The van der Waals surface area contributed by atoms with Gasteiger partial charge in [0.1, 0.15) is 6.04 Å². The second kappa shape index (κ2) is 13.6. The molecule has 2 aromatic heterocycles. The molecule has 0 bridgehead atoms. The number of sulfonamides is 2. The van der Waals surface area contributed by atoms with Crippen LogP contribution in [0.25, 0.3) is 6.08 Å². The van der Waals surface area contributed by atoms with E-state index >= 15 is 0 Å². The molecule has 242 valence electrons. The van der Waals surface area contributed by atoms with Gasteiger partial charge < -0.3 is 14.4 Å². The highest BCUT2D eigenvalue weighted by Gasteiger charge is 2.38. The molecule has 0 radical (unpaired) electrons. The van der Waals surface area contributed by atoms with Crippen LogP contribution in [0.3, 0.4) is 0 Å². The molecular formula is C27H38ClN7O6S3. The number of nitrogens with zero attached hydrogens (tertiary/aromatic N) is 6. The Bertz CT molecular complexity index is 1610. The summed E-state index contributed by atoms with van der Waals surface area (Å²) in [6.45, 7) is 2.76. The number of aromatic nitrogens is 2. The summed E-state index contributed by atoms with van der Waals surface area (Å²) < 4.78 is 57.4. The predicted molar refractivity (Wildman–Crippen MR) is 168 cm³/mol. The number of hydrogen-bond acceptors (Lipinski definition) is 9. The van der Waals surface area contributed by atoms with Crippen LogP contribution >= 0.6 is 22.9 Å². The normalized spacial score (nSPS) is 23.9. The molecule has 1 N–H and O–H groups in total. The van der Waals surface area contributed by atoms with E-state index in [1.54, 1.807) is 30.8 Å². The van der Waals surface area contributed by atoms with Gasteiger partial charge in [0.05, 0.1) is 17.2 Å². The average molecular weight is 688 g/mol. The second-order valence-electron chi connectivity index (χ2n) is 11.5. The number of imidazole rings is 1. The van der Waals surface area contributed by atoms with Crippen molar-refractivity contribution in [2.24, 2.45) is 7.05 Å². The summed E-state index contributed by atoms with van der Waals surface area (Å²) in [7, 11) is -4.29. The van der Waals surface area contributed by atoms with Crippen LogP contribution in [0.15, 0.2) is 35.1 Å². The van der Waals surface area contributed by atoms with E-state index in [-0.39, 0.29) is 29.6 Å². The van der Waals surface area contributed by atoms with Crippen LogP contribution in [0.2, 0.25) is 4.34 Å². The van der Waals surface area contributed by atoms with Crippen LogP contribution in [0.1, 0.15) is 37.0 Å². The maximum absolute atomic E-state index is 13.4. The van der Waals surface area contributed by atoms with Crippen molar-refractivity contribution in [1.29, 1.82) is 0 Å². The van der Waals surface area contributed by atoms with Crippen LogP contribution in [0.4, 0.5) is 0 Å². The predicted octanol–water partition coefficient (Wildman–Crippen LogP) is 1.40. The van der Waals surface area contributed by atoms with Gasteiger partial charge in [0, 0.05) is 68.8 Å². The number of hydrogen-bond donors (Lipinski definition) is 1. The molecule has 3 aliphatic rings. The molecule has 1 unspecified atom stereocenters. The molecule has 3 aliphatic heterocycles. The Labute approximate surface area is 267 Å². The maximum Gasteiger partial charge on any atom is 0.262 e. The lowest BCUT2D eigenvalue weighted by Crippen LogP contribution is -2.55. The summed E-state index contributed by atoms with van der Waals surface area (Å²) >= 11 is 7.15. The van der Waals surface area contributed by atoms with Crippen molar-refractivity contribution in [3.05, 3.63) is 39.3 Å². The summed E-state index contributed by atoms with van der Waals surface area (Å²) in [5.74, 6) is -0.569. The highest BCUT2D eigenvalue weighted by Crippen LogP contribution is 2.26. The van der Waals surface area contributed by atoms with Gasteiger partial charge in [0.15, 0.2) is 5.03 Å². The van der Waals surface area contributed by atoms with Crippen molar-refractivity contribution in [3.8, 4) is 0 Å². The number of likely N-dealkylation sites (N-methyl/N-ethyl adjacent to an activating group) is 1. The Hall–Kier alpha value is -2.34. The molecule has 0 aromatic carbocycles. The molecule has 13 nitrogen and oxygen atoms in total. The smallest absolute Gasteiger partial charge is 0.262 e. The topological polar surface area (TPSA) is 145 Å². The number of rotatable bonds is 11. The van der Waals surface area contributed by atoms with Crippen molar-refractivity contribution in [3.63, 3.8) is 0 Å². The van der Waals surface area contributed by atoms with E-state index in [2.05, 4.69) is 14.6 Å². The van der Waals surface area contributed by atoms with Crippen molar-refractivity contribution in [1.82, 2.24) is 33.3 Å². The minimum absolute atomic E-state index is 0.0241. The molecule has 0 saturated carbocycles. The van der Waals surface area contributed by atoms with Crippen molar-refractivity contribution in [2.75, 3.05) is 46.3 Å². The van der Waals surface area contributed by atoms with E-state index in [0.717, 1.165) is 18.2 Å². The summed E-state index contributed by atoms with van der Waals surface area (Å²) in [5.41, 5.74) is 0. The number of carbonyl (C=O) groups is 2. The Morgan fingerprint density at radius 1 is 1.16 bits per heavy atom. The van der Waals surface area contributed by atoms with Gasteiger partial charge in [-0.15, -0.1) is 11.3 Å². The molecule has 17 heteroatoms. The third-order valence-electron chi connectivity index (χ3n) is 8.42. The van der Waals surface area contributed by atoms with Gasteiger partial charge in [-0.3, -0.25) is 14.5 Å². The van der Waals surface area contributed by atoms with Crippen molar-refractivity contribution < 1.29 is 26.4 Å². The van der Waals surface area contributed by atoms with Crippen LogP contribution in [-0.4, -0.2) is 122 Å². The number of amides is 2. The third kappa shape index (κ3) is 7.71. The fourth-order valence-electron chi connectivity index (χ4n) is 6.07. The minimum Gasteiger partial charge on any atom is -0.339 e. The molecule has 44 heavy (non-hydrogen) atoms. The number of piperidine rings is 1. The first-order chi connectivity index (χ1) is 20.8. The number of thiophene rings is 1. The average Bonchev–Trinajstić information content (AvgIpc) is 3.78. The van der Waals surface area contributed by atoms with Crippen LogP contribution < -0.4 is 4.72 Å². The summed E-state index contributed by atoms with van der Waals surface area (Å²) in [4.78, 5) is 36.8. The summed E-state index contributed by atoms with van der Waals surface area (Å²) in [6.07, 6.45) is 7.67. The fraction of sp³-hybridized carbons (Fsp3) is 0.593. The lowest BCUT2D eigenvalue weighted by molar-refractivity contribution is -0.143. The summed E-state index contributed by atoms with van der Waals surface area (Å²) in [5, 5.41) is 1.05. The lowest BCUT2D eigenvalue weighted by Gasteiger charge is -2.34. The standard InChI is InChI=1S/C27H38ClN7O6S3/c1-31-17-25(29-19-31)44(40,41)32(2)20-9-13-33(15-20)16-21-5-3-12-35(21)26(36)18-34-11-4-6-23(27(34)37)30-43(38,39)14-10-22-7-8-24(28)42-22/h7-8,10,14,17,19-21,23,30H,3-6,9,11-13,15-16,18H2,1-2H3/t20?,21-,23-/m0/s1. The second-order valence-corrected chi connectivity index (χ2v) is 16.8. The number of nitrogens with one attached hydrogen (secondary N) is 1. The highest BCUT2D eigenvalue weighted by atomic mass is 35.5. The number of halogens is 1. The number of aryl methyl sites for hydroxylation is 1. The first-order valence-electron chi connectivity index (χ1n) is 14.5. The molecule has 3 atom stereocenters. The molecule has 2 amide bonds. The van der Waals surface area contributed by atoms with Crippen LogP contribution in [0.5, 0.6) is 0 Å². The Morgan fingerprint density at radius 2 is 1.93 bits per heavy atom. The van der Waals surface area contributed by atoms with Gasteiger partial charge in [-0.25, -0.2) is 21.8 Å². The van der Waals surface area contributed by atoms with Gasteiger partial charge >= 0.3 is 0 Å². The molecule has 5 heterocycles. The van der Waals surface area contributed by atoms with Gasteiger partial charge in [0.25, 0.3) is 10.0 Å². The van der Waals surface area contributed by atoms with E-state index in [4.69, 9.17) is 11.6 Å². The molecule has 0 aliphatic carbocycles. The van der Waals surface area contributed by atoms with Crippen LogP contribution in [0, 0.1) is 0 Å². The van der Waals surface area contributed by atoms with Gasteiger partial charge in [0.2, 0.25) is 21.8 Å². The Kier molecular flexibility index (Phi) is 10.2. The first kappa shape index (κ1) is 33.0. The minimum atomic E-state index is -3.89. The zero-order valence-corrected chi connectivity index (χ0v) is 27.9. The number of carbonyl (C=O) groups excluding carboxylic acids is 2. The van der Waals surface area contributed by atoms with E-state index < -0.39 is 32.0 Å². The fourth-order valence-corrected chi connectivity index (χ4v) is 9.47. The zero-order valence-electron chi connectivity index (χ0n) is 24.7. The molecule has 2 aromatic rings. The van der Waals surface area contributed by atoms with E-state index in [0.29, 0.717) is 61.2 Å². The Morgan fingerprint density at radius 3 is 2.64 bits per heavy atom. The lowest BCUT2D eigenvalue weighted by atomic mass is 10.1. The molecule has 0 spiro atoms.